The fourth-order valence-electron chi connectivity index (χ4n) is 3.76. The summed E-state index contributed by atoms with van der Waals surface area (Å²) in [7, 11) is -3.60. The second-order valence-corrected chi connectivity index (χ2v) is 9.51. The molecule has 0 unspecified atom stereocenters. The van der Waals surface area contributed by atoms with Crippen LogP contribution in [-0.4, -0.2) is 33.0 Å². The lowest BCUT2D eigenvalue weighted by Crippen LogP contribution is -2.39. The Morgan fingerprint density at radius 3 is 2.33 bits per heavy atom. The second-order valence-electron chi connectivity index (χ2n) is 7.39. The molecule has 2 aliphatic rings. The first kappa shape index (κ1) is 20.4. The van der Waals surface area contributed by atoms with Gasteiger partial charge < -0.3 is 10.1 Å². The van der Waals surface area contributed by atoms with E-state index < -0.39 is 10.0 Å². The number of sulfonamides is 1. The van der Waals surface area contributed by atoms with Crippen molar-refractivity contribution in [2.24, 2.45) is 0 Å². The molecule has 0 bridgehead atoms. The second kappa shape index (κ2) is 9.26. The van der Waals surface area contributed by atoms with Crippen molar-refractivity contribution in [1.82, 2.24) is 10.0 Å². The summed E-state index contributed by atoms with van der Waals surface area (Å²) in [6.07, 6.45) is 9.34. The van der Waals surface area contributed by atoms with Gasteiger partial charge >= 0.3 is 0 Å². The minimum Gasteiger partial charge on any atom is -0.482 e. The maximum Gasteiger partial charge on any atom is 0.258 e. The predicted octanol–water partition coefficient (Wildman–Crippen LogP) is 3.39. The molecule has 8 heteroatoms. The van der Waals surface area contributed by atoms with Gasteiger partial charge in [0.1, 0.15) is 5.75 Å². The van der Waals surface area contributed by atoms with Gasteiger partial charge in [-0.05, 0) is 43.9 Å². The summed E-state index contributed by atoms with van der Waals surface area (Å²) < 4.78 is 33.1. The Bertz CT molecular complexity index is 757. The Kier molecular flexibility index (Phi) is 7.00. The monoisotopic (exact) mass is 414 g/mol. The van der Waals surface area contributed by atoms with E-state index in [1.54, 1.807) is 0 Å². The first-order valence-electron chi connectivity index (χ1n) is 9.68. The molecule has 150 valence electrons. The van der Waals surface area contributed by atoms with Gasteiger partial charge in [0.2, 0.25) is 10.0 Å². The summed E-state index contributed by atoms with van der Waals surface area (Å²) in [5.74, 6) is 0.118. The van der Waals surface area contributed by atoms with Crippen molar-refractivity contribution in [3.05, 3.63) is 23.2 Å². The summed E-state index contributed by atoms with van der Waals surface area (Å²) in [6.45, 7) is -0.136. The van der Waals surface area contributed by atoms with Crippen molar-refractivity contribution in [2.75, 3.05) is 6.61 Å². The van der Waals surface area contributed by atoms with E-state index in [4.69, 9.17) is 16.3 Å². The lowest BCUT2D eigenvalue weighted by molar-refractivity contribution is -0.124. The number of amides is 1. The highest BCUT2D eigenvalue weighted by atomic mass is 35.5. The zero-order valence-corrected chi connectivity index (χ0v) is 16.9. The SMILES string of the molecule is O=C(COc1ccc(S(=O)(=O)NC2CCCC2)cc1Cl)NC1CCCCC1. The molecule has 27 heavy (non-hydrogen) atoms. The van der Waals surface area contributed by atoms with E-state index in [-0.39, 0.29) is 34.5 Å². The number of hydrogen-bond acceptors (Lipinski definition) is 4. The van der Waals surface area contributed by atoms with E-state index >= 15 is 0 Å². The molecule has 2 fully saturated rings. The summed E-state index contributed by atoms with van der Waals surface area (Å²) in [6, 6.07) is 4.54. The molecule has 1 aromatic rings. The van der Waals surface area contributed by atoms with Gasteiger partial charge in [0, 0.05) is 12.1 Å². The molecule has 1 amide bonds. The average molecular weight is 415 g/mol. The highest BCUT2D eigenvalue weighted by molar-refractivity contribution is 7.89. The molecule has 0 radical (unpaired) electrons. The van der Waals surface area contributed by atoms with E-state index in [0.29, 0.717) is 5.75 Å². The van der Waals surface area contributed by atoms with Crippen LogP contribution in [0.1, 0.15) is 57.8 Å². The van der Waals surface area contributed by atoms with Crippen LogP contribution in [0, 0.1) is 0 Å². The standard InChI is InChI=1S/C19H27ClN2O4S/c20-17-12-16(27(24,25)22-15-8-4-5-9-15)10-11-18(17)26-13-19(23)21-14-6-2-1-3-7-14/h10-12,14-15,22H,1-9,13H2,(H,21,23). The van der Waals surface area contributed by atoms with E-state index in [1.807, 2.05) is 0 Å². The van der Waals surface area contributed by atoms with E-state index in [0.717, 1.165) is 51.4 Å². The molecule has 3 rings (SSSR count). The summed E-state index contributed by atoms with van der Waals surface area (Å²) >= 11 is 6.18. The minimum absolute atomic E-state index is 0.00631. The van der Waals surface area contributed by atoms with Crippen LogP contribution in [0.15, 0.2) is 23.1 Å². The molecule has 0 spiro atoms. The number of carbonyl (C=O) groups excluding carboxylic acids is 1. The number of halogens is 1. The van der Waals surface area contributed by atoms with Gasteiger partial charge in [-0.25, -0.2) is 13.1 Å². The Morgan fingerprint density at radius 1 is 1.04 bits per heavy atom. The molecular weight excluding hydrogens is 388 g/mol. The molecular formula is C19H27ClN2O4S. The lowest BCUT2D eigenvalue weighted by Gasteiger charge is -2.22. The lowest BCUT2D eigenvalue weighted by atomic mass is 9.95. The van der Waals surface area contributed by atoms with Crippen molar-refractivity contribution in [1.29, 1.82) is 0 Å². The normalized spacial score (nSPS) is 19.1. The fourth-order valence-corrected chi connectivity index (χ4v) is 5.39. The van der Waals surface area contributed by atoms with Gasteiger partial charge in [-0.3, -0.25) is 4.79 Å². The van der Waals surface area contributed by atoms with Crippen LogP contribution in [-0.2, 0) is 14.8 Å². The van der Waals surface area contributed by atoms with Crippen molar-refractivity contribution >= 4 is 27.5 Å². The molecule has 0 aromatic heterocycles. The number of nitrogens with one attached hydrogen (secondary N) is 2. The van der Waals surface area contributed by atoms with Crippen molar-refractivity contribution in [3.8, 4) is 5.75 Å². The van der Waals surface area contributed by atoms with Crippen LogP contribution in [0.25, 0.3) is 0 Å². The van der Waals surface area contributed by atoms with Crippen LogP contribution in [0.5, 0.6) is 5.75 Å². The third kappa shape index (κ3) is 5.83. The van der Waals surface area contributed by atoms with Gasteiger partial charge in [-0.2, -0.15) is 0 Å². The molecule has 2 N–H and O–H groups in total. The Balaban J connectivity index is 1.55. The molecule has 2 saturated carbocycles. The van der Waals surface area contributed by atoms with Crippen LogP contribution in [0.4, 0.5) is 0 Å². The molecule has 2 aliphatic carbocycles. The maximum absolute atomic E-state index is 12.5. The number of carbonyl (C=O) groups is 1. The highest BCUT2D eigenvalue weighted by Crippen LogP contribution is 2.28. The maximum atomic E-state index is 12.5. The van der Waals surface area contributed by atoms with Gasteiger partial charge in [0.25, 0.3) is 5.91 Å². The van der Waals surface area contributed by atoms with E-state index in [2.05, 4.69) is 10.0 Å². The number of hydrogen-bond donors (Lipinski definition) is 2. The summed E-state index contributed by atoms with van der Waals surface area (Å²) in [5.41, 5.74) is 0. The summed E-state index contributed by atoms with van der Waals surface area (Å²) in [4.78, 5) is 12.1. The molecule has 0 saturated heterocycles. The number of rotatable bonds is 7. The van der Waals surface area contributed by atoms with Gasteiger partial charge in [-0.1, -0.05) is 43.7 Å². The zero-order chi connectivity index (χ0) is 19.3. The third-order valence-electron chi connectivity index (χ3n) is 5.22. The molecule has 0 atom stereocenters. The Morgan fingerprint density at radius 2 is 1.67 bits per heavy atom. The van der Waals surface area contributed by atoms with Gasteiger partial charge in [0.15, 0.2) is 6.61 Å². The molecule has 6 nitrogen and oxygen atoms in total. The first-order chi connectivity index (χ1) is 12.9. The Hall–Kier alpha value is -1.31. The minimum atomic E-state index is -3.60. The molecule has 1 aromatic carbocycles. The quantitative estimate of drug-likeness (QED) is 0.716. The predicted molar refractivity (Wildman–Crippen MR) is 105 cm³/mol. The number of ether oxygens (including phenoxy) is 1. The fraction of sp³-hybridized carbons (Fsp3) is 0.632. The zero-order valence-electron chi connectivity index (χ0n) is 15.4. The van der Waals surface area contributed by atoms with E-state index in [1.165, 1.54) is 24.6 Å². The van der Waals surface area contributed by atoms with Gasteiger partial charge in [0.05, 0.1) is 9.92 Å². The van der Waals surface area contributed by atoms with Crippen LogP contribution in [0.2, 0.25) is 5.02 Å². The largest absolute Gasteiger partial charge is 0.482 e. The average Bonchev–Trinajstić information content (AvgIpc) is 3.13. The van der Waals surface area contributed by atoms with Gasteiger partial charge in [-0.15, -0.1) is 0 Å². The van der Waals surface area contributed by atoms with Crippen LogP contribution in [0.3, 0.4) is 0 Å². The molecule has 0 aliphatic heterocycles. The van der Waals surface area contributed by atoms with Crippen molar-refractivity contribution in [2.45, 2.75) is 74.8 Å². The smallest absolute Gasteiger partial charge is 0.258 e. The van der Waals surface area contributed by atoms with Crippen molar-refractivity contribution in [3.63, 3.8) is 0 Å². The molecule has 0 heterocycles. The topological polar surface area (TPSA) is 84.5 Å². The Labute approximate surface area is 166 Å². The highest BCUT2D eigenvalue weighted by Gasteiger charge is 2.24. The van der Waals surface area contributed by atoms with Crippen LogP contribution >= 0.6 is 11.6 Å². The third-order valence-corrected chi connectivity index (χ3v) is 7.03. The first-order valence-corrected chi connectivity index (χ1v) is 11.5. The van der Waals surface area contributed by atoms with Crippen LogP contribution < -0.4 is 14.8 Å². The summed E-state index contributed by atoms with van der Waals surface area (Å²) in [5, 5.41) is 3.15. The number of benzene rings is 1. The van der Waals surface area contributed by atoms with Crippen molar-refractivity contribution < 1.29 is 17.9 Å². The van der Waals surface area contributed by atoms with E-state index in [9.17, 15) is 13.2 Å².